The van der Waals surface area contributed by atoms with Crippen LogP contribution >= 0.6 is 0 Å². The molecule has 2 aromatic rings. The molecule has 0 radical (unpaired) electrons. The molecule has 0 aliphatic carbocycles. The zero-order valence-corrected chi connectivity index (χ0v) is 14.0. The molecule has 1 saturated heterocycles. The van der Waals surface area contributed by atoms with Crippen LogP contribution in [-0.2, 0) is 16.0 Å². The maximum Gasteiger partial charge on any atom is 0.231 e. The topological polar surface area (TPSA) is 48.0 Å². The summed E-state index contributed by atoms with van der Waals surface area (Å²) in [5.41, 5.74) is 2.21. The van der Waals surface area contributed by atoms with Gasteiger partial charge in [0.05, 0.1) is 13.2 Å². The summed E-state index contributed by atoms with van der Waals surface area (Å²) in [6.07, 6.45) is 1.15. The van der Waals surface area contributed by atoms with Gasteiger partial charge in [0, 0.05) is 13.0 Å². The molecule has 5 nitrogen and oxygen atoms in total. The minimum absolute atomic E-state index is 0.0376. The van der Waals surface area contributed by atoms with Crippen LogP contribution in [0.3, 0.4) is 0 Å². The monoisotopic (exact) mass is 339 g/mol. The summed E-state index contributed by atoms with van der Waals surface area (Å²) in [5, 5.41) is 0. The second kappa shape index (κ2) is 7.15. The minimum atomic E-state index is -0.0376. The minimum Gasteiger partial charge on any atom is -0.454 e. The fourth-order valence-corrected chi connectivity index (χ4v) is 3.25. The summed E-state index contributed by atoms with van der Waals surface area (Å²) >= 11 is 0. The second-order valence-corrected chi connectivity index (χ2v) is 6.30. The molecule has 5 heteroatoms. The quantitative estimate of drug-likeness (QED) is 0.859. The lowest BCUT2D eigenvalue weighted by atomic mass is 10.1. The number of carbonyl (C=O) groups is 1. The smallest absolute Gasteiger partial charge is 0.231 e. The van der Waals surface area contributed by atoms with Gasteiger partial charge in [-0.25, -0.2) is 0 Å². The van der Waals surface area contributed by atoms with Crippen LogP contribution in [-0.4, -0.2) is 37.3 Å². The zero-order chi connectivity index (χ0) is 17.1. The van der Waals surface area contributed by atoms with Gasteiger partial charge in [-0.2, -0.15) is 0 Å². The number of aryl methyl sites for hydroxylation is 1. The molecule has 0 unspecified atom stereocenters. The van der Waals surface area contributed by atoms with Crippen molar-refractivity contribution in [3.05, 3.63) is 59.7 Å². The van der Waals surface area contributed by atoms with Crippen LogP contribution < -0.4 is 9.47 Å². The maximum absolute atomic E-state index is 12.6. The van der Waals surface area contributed by atoms with Crippen LogP contribution in [0.15, 0.2) is 48.5 Å². The summed E-state index contributed by atoms with van der Waals surface area (Å²) in [6.45, 7) is 2.12. The largest absolute Gasteiger partial charge is 0.454 e. The molecule has 25 heavy (non-hydrogen) atoms. The van der Waals surface area contributed by atoms with E-state index in [4.69, 9.17) is 14.2 Å². The predicted molar refractivity (Wildman–Crippen MR) is 92.6 cm³/mol. The van der Waals surface area contributed by atoms with Gasteiger partial charge in [0.15, 0.2) is 11.5 Å². The number of ether oxygens (including phenoxy) is 3. The number of fused-ring (bicyclic) bond motifs is 1. The molecule has 0 bridgehead atoms. The fraction of sp³-hybridized carbons (Fsp3) is 0.350. The van der Waals surface area contributed by atoms with Crippen LogP contribution in [0, 0.1) is 0 Å². The normalized spacial score (nSPS) is 19.0. The molecule has 0 aromatic heterocycles. The maximum atomic E-state index is 12.6. The second-order valence-electron chi connectivity index (χ2n) is 6.30. The lowest BCUT2D eigenvalue weighted by Gasteiger charge is -2.33. The molecular formula is C20H21NO4. The molecule has 2 heterocycles. The average Bonchev–Trinajstić information content (AvgIpc) is 3.15. The molecule has 2 aliphatic rings. The summed E-state index contributed by atoms with van der Waals surface area (Å²) in [5.74, 6) is 1.70. The standard InChI is InChI=1S/C20H21NO4/c22-20(9-7-15-6-8-17-18(12-15)25-14-24-17)21-10-11-23-19(13-21)16-4-2-1-3-5-16/h1-6,8,12,19H,7,9-11,13-14H2/t19-/m1/s1. The molecule has 1 fully saturated rings. The Morgan fingerprint density at radius 1 is 1.08 bits per heavy atom. The number of hydrogen-bond acceptors (Lipinski definition) is 4. The summed E-state index contributed by atoms with van der Waals surface area (Å²) in [4.78, 5) is 14.5. The molecule has 1 atom stereocenters. The summed E-state index contributed by atoms with van der Waals surface area (Å²) in [6, 6.07) is 15.9. The van der Waals surface area contributed by atoms with Gasteiger partial charge in [-0.15, -0.1) is 0 Å². The van der Waals surface area contributed by atoms with Crippen molar-refractivity contribution in [2.24, 2.45) is 0 Å². The van der Waals surface area contributed by atoms with Gasteiger partial charge in [0.25, 0.3) is 0 Å². The van der Waals surface area contributed by atoms with Crippen molar-refractivity contribution in [3.8, 4) is 11.5 Å². The fourth-order valence-electron chi connectivity index (χ4n) is 3.25. The Balaban J connectivity index is 1.34. The number of carbonyl (C=O) groups excluding carboxylic acids is 1. The van der Waals surface area contributed by atoms with Crippen LogP contribution in [0.4, 0.5) is 0 Å². The van der Waals surface area contributed by atoms with E-state index in [0.717, 1.165) is 22.6 Å². The van der Waals surface area contributed by atoms with E-state index in [0.29, 0.717) is 32.5 Å². The van der Waals surface area contributed by atoms with Crippen LogP contribution in [0.1, 0.15) is 23.7 Å². The lowest BCUT2D eigenvalue weighted by Crippen LogP contribution is -2.42. The van der Waals surface area contributed by atoms with E-state index in [9.17, 15) is 4.79 Å². The third-order valence-electron chi connectivity index (χ3n) is 4.66. The highest BCUT2D eigenvalue weighted by atomic mass is 16.7. The molecule has 0 saturated carbocycles. The first-order chi connectivity index (χ1) is 12.3. The SMILES string of the molecule is O=C(CCc1ccc2c(c1)OCO2)N1CCO[C@@H](c2ccccc2)C1. The van der Waals surface area contributed by atoms with Gasteiger partial charge in [0.1, 0.15) is 6.10 Å². The first kappa shape index (κ1) is 16.0. The van der Waals surface area contributed by atoms with E-state index in [1.54, 1.807) is 0 Å². The van der Waals surface area contributed by atoms with Gasteiger partial charge in [-0.05, 0) is 29.7 Å². The van der Waals surface area contributed by atoms with Crippen LogP contribution in [0.25, 0.3) is 0 Å². The molecule has 2 aromatic carbocycles. The highest BCUT2D eigenvalue weighted by Crippen LogP contribution is 2.32. The Bertz CT molecular complexity index is 747. The molecule has 4 rings (SSSR count). The van der Waals surface area contributed by atoms with Crippen molar-refractivity contribution in [1.29, 1.82) is 0 Å². The third-order valence-corrected chi connectivity index (χ3v) is 4.66. The van der Waals surface area contributed by atoms with E-state index in [-0.39, 0.29) is 18.8 Å². The van der Waals surface area contributed by atoms with E-state index in [1.807, 2.05) is 53.4 Å². The number of rotatable bonds is 4. The number of morpholine rings is 1. The number of amides is 1. The van der Waals surface area contributed by atoms with Crippen molar-refractivity contribution in [2.75, 3.05) is 26.5 Å². The van der Waals surface area contributed by atoms with Gasteiger partial charge < -0.3 is 19.1 Å². The van der Waals surface area contributed by atoms with Crippen molar-refractivity contribution in [1.82, 2.24) is 4.90 Å². The van der Waals surface area contributed by atoms with Crippen molar-refractivity contribution in [2.45, 2.75) is 18.9 Å². The highest BCUT2D eigenvalue weighted by Gasteiger charge is 2.25. The van der Waals surface area contributed by atoms with Crippen LogP contribution in [0.2, 0.25) is 0 Å². The van der Waals surface area contributed by atoms with Gasteiger partial charge in [0.2, 0.25) is 12.7 Å². The summed E-state index contributed by atoms with van der Waals surface area (Å²) in [7, 11) is 0. The Labute approximate surface area is 147 Å². The molecule has 1 amide bonds. The molecule has 130 valence electrons. The molecule has 0 N–H and O–H groups in total. The number of benzene rings is 2. The van der Waals surface area contributed by atoms with Crippen molar-refractivity contribution in [3.63, 3.8) is 0 Å². The van der Waals surface area contributed by atoms with Gasteiger partial charge >= 0.3 is 0 Å². The molecule has 0 spiro atoms. The Hall–Kier alpha value is -2.53. The Morgan fingerprint density at radius 2 is 1.92 bits per heavy atom. The Morgan fingerprint density at radius 3 is 2.80 bits per heavy atom. The lowest BCUT2D eigenvalue weighted by molar-refractivity contribution is -0.139. The van der Waals surface area contributed by atoms with Gasteiger partial charge in [-0.1, -0.05) is 36.4 Å². The van der Waals surface area contributed by atoms with E-state index >= 15 is 0 Å². The predicted octanol–water partition coefficient (Wildman–Crippen LogP) is 2.95. The van der Waals surface area contributed by atoms with E-state index < -0.39 is 0 Å². The van der Waals surface area contributed by atoms with Gasteiger partial charge in [-0.3, -0.25) is 4.79 Å². The first-order valence-corrected chi connectivity index (χ1v) is 8.62. The molecule has 2 aliphatic heterocycles. The summed E-state index contributed by atoms with van der Waals surface area (Å²) < 4.78 is 16.5. The number of nitrogens with zero attached hydrogens (tertiary/aromatic N) is 1. The van der Waals surface area contributed by atoms with Crippen LogP contribution in [0.5, 0.6) is 11.5 Å². The van der Waals surface area contributed by atoms with Crippen molar-refractivity contribution < 1.29 is 19.0 Å². The van der Waals surface area contributed by atoms with Crippen molar-refractivity contribution >= 4 is 5.91 Å². The first-order valence-electron chi connectivity index (χ1n) is 8.62. The highest BCUT2D eigenvalue weighted by molar-refractivity contribution is 5.76. The Kier molecular flexibility index (Phi) is 4.57. The average molecular weight is 339 g/mol. The third kappa shape index (κ3) is 3.61. The van der Waals surface area contributed by atoms with E-state index in [1.165, 1.54) is 0 Å². The zero-order valence-electron chi connectivity index (χ0n) is 14.0. The molecular weight excluding hydrogens is 318 g/mol. The number of hydrogen-bond donors (Lipinski definition) is 0. The van der Waals surface area contributed by atoms with E-state index in [2.05, 4.69) is 0 Å².